The summed E-state index contributed by atoms with van der Waals surface area (Å²) in [4.78, 5) is 31.8. The number of aryl methyl sites for hydroxylation is 1. The van der Waals surface area contributed by atoms with E-state index in [0.29, 0.717) is 37.2 Å². The molecule has 0 unspecified atom stereocenters. The summed E-state index contributed by atoms with van der Waals surface area (Å²) in [6.07, 6.45) is 1.62. The number of carbonyl (C=O) groups excluding carboxylic acids is 1. The third kappa shape index (κ3) is 4.41. The molecule has 3 rings (SSSR count). The van der Waals surface area contributed by atoms with Crippen LogP contribution in [0.2, 0.25) is 0 Å². The van der Waals surface area contributed by atoms with Crippen molar-refractivity contribution >= 4 is 27.3 Å². The maximum atomic E-state index is 13.5. The summed E-state index contributed by atoms with van der Waals surface area (Å²) in [6.45, 7) is 4.40. The van der Waals surface area contributed by atoms with Gasteiger partial charge in [-0.1, -0.05) is 19.1 Å². The van der Waals surface area contributed by atoms with Crippen LogP contribution >= 0.6 is 11.3 Å². The SMILES string of the molecule is CCc1sc2nc(CCOC)n(CCC(C)=O)c(=O)c2c1-c1cccc(OC)c1. The van der Waals surface area contributed by atoms with Crippen molar-refractivity contribution in [2.24, 2.45) is 0 Å². The minimum Gasteiger partial charge on any atom is -0.497 e. The molecule has 0 aliphatic rings. The van der Waals surface area contributed by atoms with Crippen LogP contribution in [0.4, 0.5) is 0 Å². The summed E-state index contributed by atoms with van der Waals surface area (Å²) in [6, 6.07) is 7.74. The summed E-state index contributed by atoms with van der Waals surface area (Å²) >= 11 is 1.55. The number of aromatic nitrogens is 2. The molecule has 0 saturated carbocycles. The van der Waals surface area contributed by atoms with Crippen LogP contribution in [0.5, 0.6) is 5.75 Å². The van der Waals surface area contributed by atoms with Crippen molar-refractivity contribution in [2.45, 2.75) is 39.7 Å². The largest absolute Gasteiger partial charge is 0.497 e. The van der Waals surface area contributed by atoms with E-state index in [4.69, 9.17) is 14.5 Å². The summed E-state index contributed by atoms with van der Waals surface area (Å²) in [5.74, 6) is 1.44. The third-order valence-corrected chi connectivity index (χ3v) is 6.09. The second-order valence-electron chi connectivity index (χ2n) is 6.85. The number of Topliss-reactive ketones (excluding diaryl/α,β-unsaturated/α-hetero) is 1. The number of ether oxygens (including phenoxy) is 2. The zero-order chi connectivity index (χ0) is 21.0. The number of benzene rings is 1. The molecule has 6 nitrogen and oxygen atoms in total. The Morgan fingerprint density at radius 1 is 1.28 bits per heavy atom. The van der Waals surface area contributed by atoms with Gasteiger partial charge >= 0.3 is 0 Å². The first-order valence-corrected chi connectivity index (χ1v) is 10.5. The quantitative estimate of drug-likeness (QED) is 0.532. The Morgan fingerprint density at radius 3 is 2.72 bits per heavy atom. The van der Waals surface area contributed by atoms with E-state index in [2.05, 4.69) is 6.92 Å². The molecule has 0 atom stereocenters. The molecule has 7 heteroatoms. The van der Waals surface area contributed by atoms with Crippen LogP contribution in [0.15, 0.2) is 29.1 Å². The minimum atomic E-state index is -0.101. The molecule has 0 spiro atoms. The van der Waals surface area contributed by atoms with Gasteiger partial charge in [0.05, 0.1) is 19.1 Å². The van der Waals surface area contributed by atoms with Gasteiger partial charge in [0.2, 0.25) is 0 Å². The molecule has 2 heterocycles. The van der Waals surface area contributed by atoms with E-state index in [1.54, 1.807) is 30.1 Å². The predicted molar refractivity (Wildman–Crippen MR) is 116 cm³/mol. The highest BCUT2D eigenvalue weighted by Gasteiger charge is 2.21. The minimum absolute atomic E-state index is 0.0438. The lowest BCUT2D eigenvalue weighted by molar-refractivity contribution is -0.117. The monoisotopic (exact) mass is 414 g/mol. The van der Waals surface area contributed by atoms with E-state index in [-0.39, 0.29) is 11.3 Å². The fourth-order valence-corrected chi connectivity index (χ4v) is 4.53. The zero-order valence-electron chi connectivity index (χ0n) is 17.3. The van der Waals surface area contributed by atoms with Crippen molar-refractivity contribution in [3.05, 3.63) is 45.3 Å². The summed E-state index contributed by atoms with van der Waals surface area (Å²) in [7, 11) is 3.25. The molecule has 0 radical (unpaired) electrons. The number of carbonyl (C=O) groups is 1. The van der Waals surface area contributed by atoms with Gasteiger partial charge in [-0.15, -0.1) is 11.3 Å². The van der Waals surface area contributed by atoms with E-state index in [1.807, 2.05) is 24.3 Å². The Labute approximate surface area is 174 Å². The Bertz CT molecular complexity index is 1080. The van der Waals surface area contributed by atoms with Crippen molar-refractivity contribution in [3.8, 4) is 16.9 Å². The second kappa shape index (κ2) is 9.33. The maximum absolute atomic E-state index is 13.5. The molecule has 3 aromatic rings. The number of thiophene rings is 1. The molecular weight excluding hydrogens is 388 g/mol. The third-order valence-electron chi connectivity index (χ3n) is 4.86. The Balaban J connectivity index is 2.27. The summed E-state index contributed by atoms with van der Waals surface area (Å²) in [5.41, 5.74) is 1.75. The topological polar surface area (TPSA) is 70.4 Å². The smallest absolute Gasteiger partial charge is 0.262 e. The number of fused-ring (bicyclic) bond motifs is 1. The molecule has 0 amide bonds. The molecule has 0 fully saturated rings. The van der Waals surface area contributed by atoms with Gasteiger partial charge in [0.1, 0.15) is 22.2 Å². The van der Waals surface area contributed by atoms with Gasteiger partial charge < -0.3 is 9.47 Å². The van der Waals surface area contributed by atoms with Gasteiger partial charge in [-0.25, -0.2) is 4.98 Å². The molecule has 0 bridgehead atoms. The fourth-order valence-electron chi connectivity index (χ4n) is 3.39. The summed E-state index contributed by atoms with van der Waals surface area (Å²) in [5, 5.41) is 0.616. The van der Waals surface area contributed by atoms with E-state index in [1.165, 1.54) is 6.92 Å². The van der Waals surface area contributed by atoms with Crippen LogP contribution in [-0.2, 0) is 28.9 Å². The average Bonchev–Trinajstić information content (AvgIpc) is 3.10. The Morgan fingerprint density at radius 2 is 2.07 bits per heavy atom. The van der Waals surface area contributed by atoms with Crippen LogP contribution in [-0.4, -0.2) is 36.2 Å². The van der Waals surface area contributed by atoms with Gasteiger partial charge in [0.15, 0.2) is 0 Å². The van der Waals surface area contributed by atoms with Gasteiger partial charge in [0, 0.05) is 36.9 Å². The standard InChI is InChI=1S/C22H26N2O4S/c1-5-17-19(15-7-6-8-16(13-15)28-4)20-21(29-17)23-18(10-12-27-3)24(22(20)26)11-9-14(2)25/h6-8,13H,5,9-12H2,1-4H3. The van der Waals surface area contributed by atoms with Crippen LogP contribution < -0.4 is 10.3 Å². The Hall–Kier alpha value is -2.51. The molecule has 1 aromatic carbocycles. The van der Waals surface area contributed by atoms with Gasteiger partial charge in [-0.2, -0.15) is 0 Å². The van der Waals surface area contributed by atoms with E-state index in [0.717, 1.165) is 33.0 Å². The molecule has 0 aliphatic heterocycles. The number of ketones is 1. The molecule has 2 aromatic heterocycles. The lowest BCUT2D eigenvalue weighted by Gasteiger charge is -2.12. The normalized spacial score (nSPS) is 11.2. The van der Waals surface area contributed by atoms with Crippen LogP contribution in [0.1, 0.15) is 31.0 Å². The molecule has 0 N–H and O–H groups in total. The van der Waals surface area contributed by atoms with Crippen molar-refractivity contribution in [3.63, 3.8) is 0 Å². The molecule has 154 valence electrons. The second-order valence-corrected chi connectivity index (χ2v) is 7.93. The molecular formula is C22H26N2O4S. The molecule has 29 heavy (non-hydrogen) atoms. The first-order chi connectivity index (χ1) is 14.0. The van der Waals surface area contributed by atoms with Crippen LogP contribution in [0, 0.1) is 0 Å². The maximum Gasteiger partial charge on any atom is 0.262 e. The van der Waals surface area contributed by atoms with Crippen molar-refractivity contribution in [2.75, 3.05) is 20.8 Å². The number of nitrogens with zero attached hydrogens (tertiary/aromatic N) is 2. The highest BCUT2D eigenvalue weighted by molar-refractivity contribution is 7.19. The van der Waals surface area contributed by atoms with Crippen LogP contribution in [0.25, 0.3) is 21.3 Å². The molecule has 0 aliphatic carbocycles. The van der Waals surface area contributed by atoms with Crippen molar-refractivity contribution in [1.29, 1.82) is 0 Å². The number of hydrogen-bond acceptors (Lipinski definition) is 6. The zero-order valence-corrected chi connectivity index (χ0v) is 18.1. The lowest BCUT2D eigenvalue weighted by Crippen LogP contribution is -2.27. The van der Waals surface area contributed by atoms with E-state index < -0.39 is 0 Å². The Kier molecular flexibility index (Phi) is 6.82. The summed E-state index contributed by atoms with van der Waals surface area (Å²) < 4.78 is 12.2. The highest BCUT2D eigenvalue weighted by atomic mass is 32.1. The first kappa shape index (κ1) is 21.2. The van der Waals surface area contributed by atoms with E-state index >= 15 is 0 Å². The lowest BCUT2D eigenvalue weighted by atomic mass is 10.0. The predicted octanol–water partition coefficient (Wildman–Crippen LogP) is 3.86. The van der Waals surface area contributed by atoms with Crippen molar-refractivity contribution in [1.82, 2.24) is 9.55 Å². The van der Waals surface area contributed by atoms with Gasteiger partial charge in [-0.05, 0) is 31.0 Å². The highest BCUT2D eigenvalue weighted by Crippen LogP contribution is 2.38. The number of methoxy groups -OCH3 is 2. The first-order valence-electron chi connectivity index (χ1n) is 9.68. The van der Waals surface area contributed by atoms with Crippen molar-refractivity contribution < 1.29 is 14.3 Å². The van der Waals surface area contributed by atoms with Gasteiger partial charge in [0.25, 0.3) is 5.56 Å². The van der Waals surface area contributed by atoms with Crippen LogP contribution in [0.3, 0.4) is 0 Å². The fraction of sp³-hybridized carbons (Fsp3) is 0.409. The van der Waals surface area contributed by atoms with Gasteiger partial charge in [-0.3, -0.25) is 14.2 Å². The number of hydrogen-bond donors (Lipinski definition) is 0. The van der Waals surface area contributed by atoms with E-state index in [9.17, 15) is 9.59 Å². The number of rotatable bonds is 9. The average molecular weight is 415 g/mol. The molecule has 0 saturated heterocycles.